The highest BCUT2D eigenvalue weighted by Gasteiger charge is 2.27. The summed E-state index contributed by atoms with van der Waals surface area (Å²) in [5.74, 6) is -0.434. The van der Waals surface area contributed by atoms with E-state index in [1.54, 1.807) is 49.6 Å². The van der Waals surface area contributed by atoms with Crippen LogP contribution >= 0.6 is 0 Å². The lowest BCUT2D eigenvalue weighted by atomic mass is 10.1. The molecule has 1 amide bonds. The van der Waals surface area contributed by atoms with E-state index in [9.17, 15) is 14.4 Å². The third-order valence-corrected chi connectivity index (χ3v) is 3.86. The normalized spacial score (nSPS) is 13.6. The number of ether oxygens (including phenoxy) is 3. The fourth-order valence-corrected chi connectivity index (χ4v) is 2.48. The topological polar surface area (TPSA) is 111 Å². The van der Waals surface area contributed by atoms with Crippen LogP contribution in [0.3, 0.4) is 0 Å². The summed E-state index contributed by atoms with van der Waals surface area (Å²) in [5.41, 5.74) is 1.17. The first-order valence-corrected chi connectivity index (χ1v) is 8.30. The van der Waals surface area contributed by atoms with E-state index in [1.807, 2.05) is 0 Å². The second kappa shape index (κ2) is 8.26. The number of Topliss-reactive ketones (excluding diaryl/α,β-unsaturated/α-hetero) is 1. The third-order valence-electron chi connectivity index (χ3n) is 3.86. The van der Waals surface area contributed by atoms with E-state index in [-0.39, 0.29) is 18.1 Å². The van der Waals surface area contributed by atoms with Crippen LogP contribution in [-0.4, -0.2) is 43.0 Å². The molecule has 0 bridgehead atoms. The number of fused-ring (bicyclic) bond motifs is 1. The number of hydrogen-bond donors (Lipinski definition) is 2. The molecule has 0 aliphatic carbocycles. The standard InChI is InChI=1S/C20H17NO7/c1-26-13-4-2-12(3-5-13)8-17-20(25)15-7-6-14(9-16(15)28-17)27-11-18(22)21-10-19(23)24/h2-9H,10-11H2,1H3,(H,21,22)(H,23,24). The van der Waals surface area contributed by atoms with Crippen molar-refractivity contribution in [1.29, 1.82) is 0 Å². The van der Waals surface area contributed by atoms with E-state index < -0.39 is 18.4 Å². The number of carbonyl (C=O) groups excluding carboxylic acids is 2. The predicted octanol–water partition coefficient (Wildman–Crippen LogP) is 1.89. The zero-order chi connectivity index (χ0) is 20.1. The van der Waals surface area contributed by atoms with Gasteiger partial charge in [0.2, 0.25) is 5.78 Å². The molecule has 8 nitrogen and oxygen atoms in total. The van der Waals surface area contributed by atoms with Gasteiger partial charge in [-0.05, 0) is 35.9 Å². The summed E-state index contributed by atoms with van der Waals surface area (Å²) in [5, 5.41) is 10.7. The number of allylic oxidation sites excluding steroid dienone is 1. The minimum absolute atomic E-state index is 0.177. The van der Waals surface area contributed by atoms with E-state index in [1.165, 1.54) is 6.07 Å². The second-order valence-electron chi connectivity index (χ2n) is 5.83. The van der Waals surface area contributed by atoms with E-state index in [0.29, 0.717) is 22.8 Å². The average molecular weight is 383 g/mol. The Kier molecular flexibility index (Phi) is 5.59. The van der Waals surface area contributed by atoms with Crippen molar-refractivity contribution in [2.45, 2.75) is 0 Å². The molecule has 3 rings (SSSR count). The molecular weight excluding hydrogens is 366 g/mol. The maximum absolute atomic E-state index is 12.5. The molecular formula is C20H17NO7. The number of ketones is 1. The van der Waals surface area contributed by atoms with Crippen LogP contribution in [0.2, 0.25) is 0 Å². The van der Waals surface area contributed by atoms with Gasteiger partial charge in [-0.15, -0.1) is 0 Å². The SMILES string of the molecule is COc1ccc(C=C2Oc3cc(OCC(=O)NCC(=O)O)ccc3C2=O)cc1. The summed E-state index contributed by atoms with van der Waals surface area (Å²) >= 11 is 0. The third kappa shape index (κ3) is 4.47. The Bertz CT molecular complexity index is 948. The van der Waals surface area contributed by atoms with Crippen LogP contribution in [0.25, 0.3) is 6.08 Å². The van der Waals surface area contributed by atoms with Crippen molar-refractivity contribution in [3.05, 3.63) is 59.4 Å². The van der Waals surface area contributed by atoms with Crippen molar-refractivity contribution in [2.75, 3.05) is 20.3 Å². The Balaban J connectivity index is 1.67. The molecule has 2 aromatic rings. The maximum atomic E-state index is 12.5. The molecule has 144 valence electrons. The molecule has 1 aliphatic rings. The van der Waals surface area contributed by atoms with Crippen molar-refractivity contribution in [3.8, 4) is 17.2 Å². The Labute approximate surface area is 160 Å². The number of methoxy groups -OCH3 is 1. The molecule has 0 fully saturated rings. The van der Waals surface area contributed by atoms with Crippen LogP contribution in [0.15, 0.2) is 48.2 Å². The molecule has 2 aromatic carbocycles. The minimum Gasteiger partial charge on any atom is -0.497 e. The first-order chi connectivity index (χ1) is 13.5. The van der Waals surface area contributed by atoms with Crippen LogP contribution in [0.1, 0.15) is 15.9 Å². The molecule has 0 saturated carbocycles. The largest absolute Gasteiger partial charge is 0.497 e. The zero-order valence-corrected chi connectivity index (χ0v) is 14.9. The molecule has 0 aromatic heterocycles. The number of hydrogen-bond acceptors (Lipinski definition) is 6. The number of carbonyl (C=O) groups is 3. The summed E-state index contributed by atoms with van der Waals surface area (Å²) in [6, 6.07) is 11.8. The molecule has 1 aliphatic heterocycles. The van der Waals surface area contributed by atoms with E-state index in [0.717, 1.165) is 5.56 Å². The van der Waals surface area contributed by atoms with Crippen molar-refractivity contribution in [1.82, 2.24) is 5.32 Å². The van der Waals surface area contributed by atoms with Gasteiger partial charge in [0, 0.05) is 6.07 Å². The summed E-state index contributed by atoms with van der Waals surface area (Å²) in [7, 11) is 1.57. The number of carboxylic acid groups (broad SMARTS) is 1. The van der Waals surface area contributed by atoms with Gasteiger partial charge in [-0.3, -0.25) is 14.4 Å². The number of aliphatic carboxylic acids is 1. The van der Waals surface area contributed by atoms with Gasteiger partial charge >= 0.3 is 5.97 Å². The number of nitrogens with one attached hydrogen (secondary N) is 1. The summed E-state index contributed by atoms with van der Waals surface area (Å²) in [4.78, 5) is 34.4. The van der Waals surface area contributed by atoms with Gasteiger partial charge < -0.3 is 24.6 Å². The van der Waals surface area contributed by atoms with Gasteiger partial charge in [0.1, 0.15) is 23.8 Å². The molecule has 1 heterocycles. The smallest absolute Gasteiger partial charge is 0.322 e. The van der Waals surface area contributed by atoms with Crippen LogP contribution in [0.4, 0.5) is 0 Å². The summed E-state index contributed by atoms with van der Waals surface area (Å²) in [6.07, 6.45) is 1.63. The van der Waals surface area contributed by atoms with Crippen LogP contribution in [-0.2, 0) is 9.59 Å². The van der Waals surface area contributed by atoms with Gasteiger partial charge in [0.25, 0.3) is 5.91 Å². The Hall–Kier alpha value is -3.81. The van der Waals surface area contributed by atoms with Gasteiger partial charge in [-0.25, -0.2) is 0 Å². The van der Waals surface area contributed by atoms with Crippen molar-refractivity contribution in [3.63, 3.8) is 0 Å². The van der Waals surface area contributed by atoms with Gasteiger partial charge in [0.15, 0.2) is 12.4 Å². The van der Waals surface area contributed by atoms with Crippen LogP contribution < -0.4 is 19.5 Å². The maximum Gasteiger partial charge on any atom is 0.322 e. The molecule has 0 unspecified atom stereocenters. The van der Waals surface area contributed by atoms with Gasteiger partial charge in [0.05, 0.1) is 12.7 Å². The number of rotatable bonds is 7. The minimum atomic E-state index is -1.14. The highest BCUT2D eigenvalue weighted by molar-refractivity contribution is 6.14. The van der Waals surface area contributed by atoms with Crippen molar-refractivity contribution >= 4 is 23.7 Å². The Morgan fingerprint density at radius 1 is 1.14 bits per heavy atom. The lowest BCUT2D eigenvalue weighted by Crippen LogP contribution is -2.33. The molecule has 0 saturated heterocycles. The number of carboxylic acids is 1. The zero-order valence-electron chi connectivity index (χ0n) is 14.9. The van der Waals surface area contributed by atoms with Crippen molar-refractivity contribution in [2.24, 2.45) is 0 Å². The monoisotopic (exact) mass is 383 g/mol. The van der Waals surface area contributed by atoms with Crippen LogP contribution in [0.5, 0.6) is 17.2 Å². The highest BCUT2D eigenvalue weighted by Crippen LogP contribution is 2.35. The second-order valence-corrected chi connectivity index (χ2v) is 5.83. The first kappa shape index (κ1) is 19.0. The first-order valence-electron chi connectivity index (χ1n) is 8.30. The molecule has 2 N–H and O–H groups in total. The summed E-state index contributed by atoms with van der Waals surface area (Å²) in [6.45, 7) is -0.835. The molecule has 0 radical (unpaired) electrons. The molecule has 8 heteroatoms. The average Bonchev–Trinajstić information content (AvgIpc) is 3.00. The Morgan fingerprint density at radius 2 is 1.86 bits per heavy atom. The lowest BCUT2D eigenvalue weighted by molar-refractivity contribution is -0.138. The number of benzene rings is 2. The van der Waals surface area contributed by atoms with Gasteiger partial charge in [-0.2, -0.15) is 0 Å². The summed E-state index contributed by atoms with van der Waals surface area (Å²) < 4.78 is 16.0. The lowest BCUT2D eigenvalue weighted by Gasteiger charge is -2.07. The van der Waals surface area contributed by atoms with E-state index >= 15 is 0 Å². The van der Waals surface area contributed by atoms with Crippen LogP contribution in [0, 0.1) is 0 Å². The molecule has 28 heavy (non-hydrogen) atoms. The predicted molar refractivity (Wildman–Crippen MR) is 98.5 cm³/mol. The fourth-order valence-electron chi connectivity index (χ4n) is 2.48. The quantitative estimate of drug-likeness (QED) is 0.702. The van der Waals surface area contributed by atoms with E-state index in [2.05, 4.69) is 5.32 Å². The number of amides is 1. The van der Waals surface area contributed by atoms with Gasteiger partial charge in [-0.1, -0.05) is 12.1 Å². The molecule has 0 atom stereocenters. The highest BCUT2D eigenvalue weighted by atomic mass is 16.5. The van der Waals surface area contributed by atoms with E-state index in [4.69, 9.17) is 19.3 Å². The fraction of sp³-hybridized carbons (Fsp3) is 0.150. The Morgan fingerprint density at radius 3 is 2.54 bits per heavy atom. The molecule has 0 spiro atoms. The van der Waals surface area contributed by atoms with Crippen molar-refractivity contribution < 1.29 is 33.7 Å².